The van der Waals surface area contributed by atoms with Gasteiger partial charge in [0.05, 0.1) is 0 Å². The molecule has 0 aliphatic carbocycles. The third-order valence-electron chi connectivity index (χ3n) is 4.03. The average molecular weight is 314 g/mol. The van der Waals surface area contributed by atoms with E-state index in [-0.39, 0.29) is 6.09 Å². The van der Waals surface area contributed by atoms with Crippen molar-refractivity contribution in [3.8, 4) is 0 Å². The lowest BCUT2D eigenvalue weighted by Gasteiger charge is -2.37. The number of carbonyl (C=O) groups excluding carboxylic acids is 1. The number of nitrogens with zero attached hydrogens (tertiary/aromatic N) is 1. The Labute approximate surface area is 133 Å². The molecule has 1 N–H and O–H groups in total. The zero-order chi connectivity index (χ0) is 15.3. The Balaban J connectivity index is 1.79. The summed E-state index contributed by atoms with van der Waals surface area (Å²) in [7, 11) is 0. The predicted octanol–water partition coefficient (Wildman–Crippen LogP) is 3.26. The van der Waals surface area contributed by atoms with Crippen LogP contribution in [0.3, 0.4) is 0 Å². The number of carbonyl (C=O) groups is 1. The Hall–Kier alpha value is -0.420. The van der Waals surface area contributed by atoms with Gasteiger partial charge in [-0.2, -0.15) is 11.8 Å². The lowest BCUT2D eigenvalue weighted by Crippen LogP contribution is -2.50. The van der Waals surface area contributed by atoms with Crippen molar-refractivity contribution < 1.29 is 9.53 Å². The summed E-state index contributed by atoms with van der Waals surface area (Å²) in [5.41, 5.74) is -0.410. The molecular formula is C16H30N2O2S. The van der Waals surface area contributed by atoms with Crippen LogP contribution in [0, 0.1) is 0 Å². The molecule has 2 heterocycles. The van der Waals surface area contributed by atoms with E-state index in [2.05, 4.69) is 17.1 Å². The summed E-state index contributed by atoms with van der Waals surface area (Å²) in [4.78, 5) is 14.2. The highest BCUT2D eigenvalue weighted by molar-refractivity contribution is 8.00. The van der Waals surface area contributed by atoms with Gasteiger partial charge in [-0.1, -0.05) is 0 Å². The number of ether oxygens (including phenoxy) is 1. The van der Waals surface area contributed by atoms with Crippen LogP contribution in [0.1, 0.15) is 52.9 Å². The van der Waals surface area contributed by atoms with Crippen LogP contribution in [0.25, 0.3) is 0 Å². The maximum atomic E-state index is 12.3. The van der Waals surface area contributed by atoms with Gasteiger partial charge in [-0.25, -0.2) is 4.79 Å². The van der Waals surface area contributed by atoms with Gasteiger partial charge in [-0.3, -0.25) is 0 Å². The maximum Gasteiger partial charge on any atom is 0.410 e. The van der Waals surface area contributed by atoms with Crippen molar-refractivity contribution in [1.29, 1.82) is 0 Å². The van der Waals surface area contributed by atoms with Crippen molar-refractivity contribution in [2.24, 2.45) is 0 Å². The molecule has 5 heteroatoms. The molecule has 2 unspecified atom stereocenters. The lowest BCUT2D eigenvalue weighted by atomic mass is 10.0. The molecule has 0 spiro atoms. The number of likely N-dealkylation sites (tertiary alicyclic amines) is 1. The molecule has 2 aliphatic heterocycles. The molecular weight excluding hydrogens is 284 g/mol. The standard InChI is InChI=1S/C16H30N2O2S/c1-16(2,3)20-15(19)18-9-5-4-7-13(18)11-17-12-14-8-6-10-21-14/h13-14,17H,4-12H2,1-3H3. The van der Waals surface area contributed by atoms with Gasteiger partial charge in [-0.15, -0.1) is 0 Å². The second kappa shape index (κ2) is 7.73. The van der Waals surface area contributed by atoms with Crippen LogP contribution < -0.4 is 5.32 Å². The maximum absolute atomic E-state index is 12.3. The van der Waals surface area contributed by atoms with Gasteiger partial charge in [0.25, 0.3) is 0 Å². The minimum atomic E-state index is -0.410. The van der Waals surface area contributed by atoms with E-state index in [1.165, 1.54) is 25.0 Å². The molecule has 0 aromatic rings. The second-order valence-electron chi connectivity index (χ2n) is 7.12. The first kappa shape index (κ1) is 16.9. The number of rotatable bonds is 4. The summed E-state index contributed by atoms with van der Waals surface area (Å²) < 4.78 is 5.54. The fourth-order valence-corrected chi connectivity index (χ4v) is 4.23. The first-order valence-electron chi connectivity index (χ1n) is 8.27. The molecule has 2 aliphatic rings. The average Bonchev–Trinajstić information content (AvgIpc) is 2.90. The monoisotopic (exact) mass is 314 g/mol. The molecule has 2 fully saturated rings. The van der Waals surface area contributed by atoms with Crippen LogP contribution in [0.4, 0.5) is 4.79 Å². The molecule has 2 atom stereocenters. The highest BCUT2D eigenvalue weighted by Crippen LogP contribution is 2.25. The molecule has 0 aromatic carbocycles. The molecule has 1 amide bonds. The van der Waals surface area contributed by atoms with E-state index in [4.69, 9.17) is 4.74 Å². The number of piperidine rings is 1. The normalized spacial score (nSPS) is 26.9. The van der Waals surface area contributed by atoms with E-state index in [0.29, 0.717) is 6.04 Å². The minimum Gasteiger partial charge on any atom is -0.444 e. The number of amides is 1. The van der Waals surface area contributed by atoms with E-state index in [1.807, 2.05) is 25.7 Å². The SMILES string of the molecule is CC(C)(C)OC(=O)N1CCCCC1CNCC1CCCS1. The van der Waals surface area contributed by atoms with Gasteiger partial charge in [0.15, 0.2) is 0 Å². The Bertz CT molecular complexity index is 338. The van der Waals surface area contributed by atoms with E-state index in [1.54, 1.807) is 0 Å². The van der Waals surface area contributed by atoms with Gasteiger partial charge in [0.1, 0.15) is 5.60 Å². The molecule has 2 rings (SSSR count). The van der Waals surface area contributed by atoms with Gasteiger partial charge in [0, 0.05) is 30.9 Å². The van der Waals surface area contributed by atoms with Crippen molar-refractivity contribution in [1.82, 2.24) is 10.2 Å². The highest BCUT2D eigenvalue weighted by Gasteiger charge is 2.30. The van der Waals surface area contributed by atoms with Crippen LogP contribution in [0.15, 0.2) is 0 Å². The fourth-order valence-electron chi connectivity index (χ4n) is 2.99. The third kappa shape index (κ3) is 5.70. The van der Waals surface area contributed by atoms with Crippen molar-refractivity contribution in [3.05, 3.63) is 0 Å². The summed E-state index contributed by atoms with van der Waals surface area (Å²) in [6.07, 6.45) is 5.93. The summed E-state index contributed by atoms with van der Waals surface area (Å²) in [5, 5.41) is 4.34. The Morgan fingerprint density at radius 1 is 1.24 bits per heavy atom. The summed E-state index contributed by atoms with van der Waals surface area (Å²) in [6, 6.07) is 0.292. The Kier molecular flexibility index (Phi) is 6.23. The number of thioether (sulfide) groups is 1. The Morgan fingerprint density at radius 2 is 2.05 bits per heavy atom. The summed E-state index contributed by atoms with van der Waals surface area (Å²) in [6.45, 7) is 8.59. The smallest absolute Gasteiger partial charge is 0.410 e. The quantitative estimate of drug-likeness (QED) is 0.865. The van der Waals surface area contributed by atoms with Crippen LogP contribution in [-0.4, -0.2) is 53.3 Å². The molecule has 0 radical (unpaired) electrons. The van der Waals surface area contributed by atoms with Gasteiger partial charge < -0.3 is 15.0 Å². The molecule has 0 bridgehead atoms. The zero-order valence-corrected chi connectivity index (χ0v) is 14.5. The van der Waals surface area contributed by atoms with E-state index in [0.717, 1.165) is 37.7 Å². The number of hydrogen-bond donors (Lipinski definition) is 1. The van der Waals surface area contributed by atoms with E-state index < -0.39 is 5.60 Å². The summed E-state index contributed by atoms with van der Waals surface area (Å²) >= 11 is 2.08. The number of hydrogen-bond acceptors (Lipinski definition) is 4. The zero-order valence-electron chi connectivity index (χ0n) is 13.7. The molecule has 4 nitrogen and oxygen atoms in total. The van der Waals surface area contributed by atoms with Crippen LogP contribution in [0.5, 0.6) is 0 Å². The predicted molar refractivity (Wildman–Crippen MR) is 88.9 cm³/mol. The third-order valence-corrected chi connectivity index (χ3v) is 5.43. The topological polar surface area (TPSA) is 41.6 Å². The lowest BCUT2D eigenvalue weighted by molar-refractivity contribution is 0.00999. The van der Waals surface area contributed by atoms with Crippen molar-refractivity contribution in [2.75, 3.05) is 25.4 Å². The molecule has 0 aromatic heterocycles. The van der Waals surface area contributed by atoms with Gasteiger partial charge >= 0.3 is 6.09 Å². The van der Waals surface area contributed by atoms with E-state index in [9.17, 15) is 4.79 Å². The minimum absolute atomic E-state index is 0.149. The van der Waals surface area contributed by atoms with E-state index >= 15 is 0 Å². The molecule has 122 valence electrons. The molecule has 2 saturated heterocycles. The first-order valence-corrected chi connectivity index (χ1v) is 9.32. The van der Waals surface area contributed by atoms with Crippen molar-refractivity contribution >= 4 is 17.9 Å². The fraction of sp³-hybridized carbons (Fsp3) is 0.938. The van der Waals surface area contributed by atoms with Crippen LogP contribution >= 0.6 is 11.8 Å². The largest absolute Gasteiger partial charge is 0.444 e. The Morgan fingerprint density at radius 3 is 2.71 bits per heavy atom. The second-order valence-corrected chi connectivity index (χ2v) is 8.52. The molecule has 21 heavy (non-hydrogen) atoms. The van der Waals surface area contributed by atoms with Gasteiger partial charge in [-0.05, 0) is 58.6 Å². The first-order chi connectivity index (χ1) is 9.96. The molecule has 0 saturated carbocycles. The van der Waals surface area contributed by atoms with Crippen molar-refractivity contribution in [2.45, 2.75) is 69.8 Å². The number of nitrogens with one attached hydrogen (secondary N) is 1. The summed E-state index contributed by atoms with van der Waals surface area (Å²) in [5.74, 6) is 1.31. The highest BCUT2D eigenvalue weighted by atomic mass is 32.2. The van der Waals surface area contributed by atoms with Crippen LogP contribution in [0.2, 0.25) is 0 Å². The van der Waals surface area contributed by atoms with Crippen molar-refractivity contribution in [3.63, 3.8) is 0 Å². The van der Waals surface area contributed by atoms with Gasteiger partial charge in [0.2, 0.25) is 0 Å². The van der Waals surface area contributed by atoms with Crippen LogP contribution in [-0.2, 0) is 4.74 Å².